The van der Waals surface area contributed by atoms with Gasteiger partial charge in [0.05, 0.1) is 7.11 Å². The smallest absolute Gasteiger partial charge is 0.227 e. The molecule has 1 fully saturated rings. The molecule has 0 radical (unpaired) electrons. The second kappa shape index (κ2) is 8.35. The fourth-order valence-electron chi connectivity index (χ4n) is 3.23. The number of piperazine rings is 1. The monoisotopic (exact) mass is 395 g/mol. The molecule has 0 aliphatic carbocycles. The van der Waals surface area contributed by atoms with E-state index >= 15 is 0 Å². The zero-order valence-electron chi connectivity index (χ0n) is 15.7. The minimum atomic E-state index is 0.740. The van der Waals surface area contributed by atoms with Gasteiger partial charge in [0.15, 0.2) is 0 Å². The van der Waals surface area contributed by atoms with Crippen LogP contribution in [0.15, 0.2) is 60.8 Å². The van der Waals surface area contributed by atoms with Gasteiger partial charge in [-0.05, 0) is 48.5 Å². The molecular formula is C21H22ClN5O. The Hall–Kier alpha value is -2.99. The topological polar surface area (TPSA) is 53.5 Å². The van der Waals surface area contributed by atoms with Gasteiger partial charge in [-0.3, -0.25) is 0 Å². The fourth-order valence-corrected chi connectivity index (χ4v) is 3.41. The Kier molecular flexibility index (Phi) is 5.48. The van der Waals surface area contributed by atoms with Gasteiger partial charge in [0.2, 0.25) is 5.95 Å². The van der Waals surface area contributed by atoms with Gasteiger partial charge >= 0.3 is 0 Å². The van der Waals surface area contributed by atoms with Gasteiger partial charge in [-0.15, -0.1) is 0 Å². The Labute approximate surface area is 169 Å². The van der Waals surface area contributed by atoms with Crippen LogP contribution in [0.25, 0.3) is 0 Å². The van der Waals surface area contributed by atoms with Crippen LogP contribution in [0.2, 0.25) is 5.02 Å². The highest BCUT2D eigenvalue weighted by atomic mass is 35.5. The Bertz CT molecular complexity index is 926. The van der Waals surface area contributed by atoms with Crippen LogP contribution in [-0.4, -0.2) is 43.3 Å². The highest BCUT2D eigenvalue weighted by Crippen LogP contribution is 2.23. The number of nitrogens with one attached hydrogen (secondary N) is 1. The van der Waals surface area contributed by atoms with Crippen molar-refractivity contribution in [1.82, 2.24) is 9.97 Å². The van der Waals surface area contributed by atoms with Crippen LogP contribution < -0.4 is 19.9 Å². The molecule has 0 saturated carbocycles. The van der Waals surface area contributed by atoms with Crippen LogP contribution in [0, 0.1) is 0 Å². The standard InChI is InChI=1S/C21H22ClN5O/c1-28-19-7-5-17(6-8-19)24-20-9-10-23-21(25-20)27-13-11-26(12-14-27)18-4-2-3-16(22)15-18/h2-10,15H,11-14H2,1H3,(H,23,24,25). The van der Waals surface area contributed by atoms with E-state index in [0.717, 1.165) is 60.1 Å². The molecule has 0 amide bonds. The van der Waals surface area contributed by atoms with Gasteiger partial charge in [0.25, 0.3) is 0 Å². The second-order valence-corrected chi connectivity index (χ2v) is 6.99. The van der Waals surface area contributed by atoms with Gasteiger partial charge in [-0.1, -0.05) is 17.7 Å². The molecule has 6 nitrogen and oxygen atoms in total. The number of nitrogens with zero attached hydrogens (tertiary/aromatic N) is 4. The van der Waals surface area contributed by atoms with Crippen molar-refractivity contribution >= 4 is 34.7 Å². The predicted molar refractivity (Wildman–Crippen MR) is 114 cm³/mol. The first kappa shape index (κ1) is 18.4. The maximum atomic E-state index is 6.12. The number of aromatic nitrogens is 2. The van der Waals surface area contributed by atoms with E-state index in [1.165, 1.54) is 0 Å². The van der Waals surface area contributed by atoms with Crippen molar-refractivity contribution in [3.05, 3.63) is 65.8 Å². The molecule has 1 saturated heterocycles. The van der Waals surface area contributed by atoms with Gasteiger partial charge in [-0.25, -0.2) is 4.98 Å². The lowest BCUT2D eigenvalue weighted by Gasteiger charge is -2.36. The molecule has 1 N–H and O–H groups in total. The summed E-state index contributed by atoms with van der Waals surface area (Å²) in [6.07, 6.45) is 1.79. The molecule has 0 spiro atoms. The first-order valence-electron chi connectivity index (χ1n) is 9.21. The summed E-state index contributed by atoms with van der Waals surface area (Å²) >= 11 is 6.12. The molecule has 2 aromatic carbocycles. The van der Waals surface area contributed by atoms with Crippen LogP contribution >= 0.6 is 11.6 Å². The summed E-state index contributed by atoms with van der Waals surface area (Å²) in [6, 6.07) is 17.6. The van der Waals surface area contributed by atoms with E-state index in [1.54, 1.807) is 13.3 Å². The molecule has 1 aromatic heterocycles. The molecule has 0 unspecified atom stereocenters. The number of rotatable bonds is 5. The van der Waals surface area contributed by atoms with Crippen molar-refractivity contribution in [3.8, 4) is 5.75 Å². The average Bonchev–Trinajstić information content (AvgIpc) is 2.75. The van der Waals surface area contributed by atoms with Crippen molar-refractivity contribution in [2.24, 2.45) is 0 Å². The van der Waals surface area contributed by atoms with E-state index < -0.39 is 0 Å². The normalized spacial score (nSPS) is 14.1. The number of halogens is 1. The summed E-state index contributed by atoms with van der Waals surface area (Å²) in [4.78, 5) is 13.7. The lowest BCUT2D eigenvalue weighted by atomic mass is 10.2. The molecule has 0 atom stereocenters. The maximum Gasteiger partial charge on any atom is 0.227 e. The summed E-state index contributed by atoms with van der Waals surface area (Å²) in [5, 5.41) is 4.08. The third kappa shape index (κ3) is 4.28. The van der Waals surface area contributed by atoms with E-state index in [4.69, 9.17) is 16.3 Å². The van der Waals surface area contributed by atoms with Gasteiger partial charge in [-0.2, -0.15) is 4.98 Å². The van der Waals surface area contributed by atoms with Crippen LogP contribution in [-0.2, 0) is 0 Å². The van der Waals surface area contributed by atoms with E-state index in [0.29, 0.717) is 0 Å². The van der Waals surface area contributed by atoms with Gasteiger partial charge in [0.1, 0.15) is 11.6 Å². The van der Waals surface area contributed by atoms with Gasteiger partial charge < -0.3 is 19.9 Å². The van der Waals surface area contributed by atoms with Crippen LogP contribution in [0.5, 0.6) is 5.75 Å². The first-order valence-corrected chi connectivity index (χ1v) is 9.59. The number of ether oxygens (including phenoxy) is 1. The Morgan fingerprint density at radius 3 is 2.43 bits per heavy atom. The molecule has 1 aliphatic rings. The zero-order chi connectivity index (χ0) is 19.3. The minimum Gasteiger partial charge on any atom is -0.497 e. The predicted octanol–water partition coefficient (Wildman–Crippen LogP) is 4.21. The van der Waals surface area contributed by atoms with Crippen molar-refractivity contribution < 1.29 is 4.74 Å². The molecule has 1 aliphatic heterocycles. The molecular weight excluding hydrogens is 374 g/mol. The summed E-state index contributed by atoms with van der Waals surface area (Å²) in [5.41, 5.74) is 2.11. The van der Waals surface area contributed by atoms with Crippen molar-refractivity contribution in [1.29, 1.82) is 0 Å². The highest BCUT2D eigenvalue weighted by molar-refractivity contribution is 6.30. The number of benzene rings is 2. The number of anilines is 4. The van der Waals surface area contributed by atoms with Crippen molar-refractivity contribution in [2.45, 2.75) is 0 Å². The van der Waals surface area contributed by atoms with Crippen molar-refractivity contribution in [3.63, 3.8) is 0 Å². The van der Waals surface area contributed by atoms with E-state index in [-0.39, 0.29) is 0 Å². The molecule has 2 heterocycles. The largest absolute Gasteiger partial charge is 0.497 e. The quantitative estimate of drug-likeness (QED) is 0.698. The van der Waals surface area contributed by atoms with Crippen molar-refractivity contribution in [2.75, 3.05) is 48.4 Å². The Morgan fingerprint density at radius 1 is 0.964 bits per heavy atom. The molecule has 7 heteroatoms. The highest BCUT2D eigenvalue weighted by Gasteiger charge is 2.19. The SMILES string of the molecule is COc1ccc(Nc2ccnc(N3CCN(c4cccc(Cl)c4)CC3)n2)cc1. The molecule has 144 valence electrons. The number of methoxy groups -OCH3 is 1. The third-order valence-electron chi connectivity index (χ3n) is 4.74. The lowest BCUT2D eigenvalue weighted by Crippen LogP contribution is -2.47. The summed E-state index contributed by atoms with van der Waals surface area (Å²) in [7, 11) is 1.66. The number of hydrogen-bond acceptors (Lipinski definition) is 6. The molecule has 3 aromatic rings. The minimum absolute atomic E-state index is 0.740. The van der Waals surface area contributed by atoms with E-state index in [1.807, 2.05) is 48.5 Å². The molecule has 0 bridgehead atoms. The summed E-state index contributed by atoms with van der Waals surface area (Å²) < 4.78 is 5.19. The number of hydrogen-bond donors (Lipinski definition) is 1. The molecule has 4 rings (SSSR count). The third-order valence-corrected chi connectivity index (χ3v) is 4.98. The average molecular weight is 396 g/mol. The Morgan fingerprint density at radius 2 is 1.71 bits per heavy atom. The maximum absolute atomic E-state index is 6.12. The van der Waals surface area contributed by atoms with Crippen LogP contribution in [0.4, 0.5) is 23.1 Å². The van der Waals surface area contributed by atoms with E-state index in [9.17, 15) is 0 Å². The first-order chi connectivity index (χ1) is 13.7. The summed E-state index contributed by atoms with van der Waals surface area (Å²) in [5.74, 6) is 2.34. The second-order valence-electron chi connectivity index (χ2n) is 6.55. The van der Waals surface area contributed by atoms with Gasteiger partial charge in [0, 0.05) is 48.8 Å². The Balaban J connectivity index is 1.40. The van der Waals surface area contributed by atoms with Crippen LogP contribution in [0.1, 0.15) is 0 Å². The zero-order valence-corrected chi connectivity index (χ0v) is 16.4. The van der Waals surface area contributed by atoms with E-state index in [2.05, 4.69) is 31.2 Å². The molecule has 28 heavy (non-hydrogen) atoms. The lowest BCUT2D eigenvalue weighted by molar-refractivity contribution is 0.415. The van der Waals surface area contributed by atoms with Crippen LogP contribution in [0.3, 0.4) is 0 Å². The summed E-state index contributed by atoms with van der Waals surface area (Å²) in [6.45, 7) is 3.52. The fraction of sp³-hybridized carbons (Fsp3) is 0.238.